The first-order valence-electron chi connectivity index (χ1n) is 7.76. The first-order valence-corrected chi connectivity index (χ1v) is 7.76. The van der Waals surface area contributed by atoms with Crippen molar-refractivity contribution < 1.29 is 9.90 Å². The molecule has 2 unspecified atom stereocenters. The molecule has 0 bridgehead atoms. The normalized spacial score (nSPS) is 30.1. The molecule has 2 aliphatic carbocycles. The van der Waals surface area contributed by atoms with E-state index in [1.54, 1.807) is 0 Å². The molecule has 1 aromatic carbocycles. The average Bonchev–Trinajstić information content (AvgIpc) is 3.30. The molecule has 3 rings (SSSR count). The number of carboxylic acids is 1. The Morgan fingerprint density at radius 3 is 2.60 bits per heavy atom. The first kappa shape index (κ1) is 13.6. The number of hydrogen-bond acceptors (Lipinski definition) is 2. The van der Waals surface area contributed by atoms with Crippen LogP contribution in [0.4, 0.5) is 0 Å². The van der Waals surface area contributed by atoms with Crippen molar-refractivity contribution in [1.82, 2.24) is 5.32 Å². The van der Waals surface area contributed by atoms with E-state index in [4.69, 9.17) is 0 Å². The molecule has 0 aromatic heterocycles. The van der Waals surface area contributed by atoms with Crippen molar-refractivity contribution in [3.05, 3.63) is 35.9 Å². The van der Waals surface area contributed by atoms with Gasteiger partial charge >= 0.3 is 5.97 Å². The van der Waals surface area contributed by atoms with Crippen LogP contribution in [0.5, 0.6) is 0 Å². The molecule has 0 saturated heterocycles. The fourth-order valence-corrected chi connectivity index (χ4v) is 3.50. The van der Waals surface area contributed by atoms with Crippen LogP contribution < -0.4 is 5.32 Å². The van der Waals surface area contributed by atoms with Gasteiger partial charge in [-0.1, -0.05) is 43.2 Å². The Balaban J connectivity index is 1.88. The van der Waals surface area contributed by atoms with Gasteiger partial charge in [-0.05, 0) is 43.7 Å². The van der Waals surface area contributed by atoms with E-state index < -0.39 is 11.5 Å². The van der Waals surface area contributed by atoms with Gasteiger partial charge in [0.15, 0.2) is 0 Å². The van der Waals surface area contributed by atoms with Crippen LogP contribution in [0.25, 0.3) is 0 Å². The van der Waals surface area contributed by atoms with Crippen molar-refractivity contribution in [3.8, 4) is 0 Å². The lowest BCUT2D eigenvalue weighted by molar-refractivity contribution is -0.147. The van der Waals surface area contributed by atoms with E-state index in [2.05, 4.69) is 17.4 Å². The Hall–Kier alpha value is -1.35. The van der Waals surface area contributed by atoms with Crippen molar-refractivity contribution in [2.45, 2.75) is 50.0 Å². The van der Waals surface area contributed by atoms with Crippen LogP contribution in [-0.4, -0.2) is 23.2 Å². The van der Waals surface area contributed by atoms with Gasteiger partial charge in [-0.2, -0.15) is 0 Å². The second-order valence-corrected chi connectivity index (χ2v) is 6.31. The minimum absolute atomic E-state index is 0.0914. The van der Waals surface area contributed by atoms with Gasteiger partial charge in [-0.15, -0.1) is 0 Å². The minimum Gasteiger partial charge on any atom is -0.480 e. The Morgan fingerprint density at radius 2 is 1.95 bits per heavy atom. The highest BCUT2D eigenvalue weighted by molar-refractivity contribution is 5.80. The average molecular weight is 273 g/mol. The lowest BCUT2D eigenvalue weighted by atomic mass is 9.69. The molecule has 0 aliphatic heterocycles. The fourth-order valence-electron chi connectivity index (χ4n) is 3.50. The number of nitrogens with one attached hydrogen (secondary N) is 1. The Kier molecular flexibility index (Phi) is 3.79. The standard InChI is InChI=1S/C17H23NO2/c19-16(20)17(18-12-13-9-10-13)11-5-4-8-15(17)14-6-2-1-3-7-14/h1-3,6-7,13,15,18H,4-5,8-12H2,(H,19,20). The zero-order valence-corrected chi connectivity index (χ0v) is 11.8. The summed E-state index contributed by atoms with van der Waals surface area (Å²) >= 11 is 0. The molecular weight excluding hydrogens is 250 g/mol. The van der Waals surface area contributed by atoms with Crippen molar-refractivity contribution in [2.24, 2.45) is 5.92 Å². The van der Waals surface area contributed by atoms with Crippen molar-refractivity contribution in [1.29, 1.82) is 0 Å². The highest BCUT2D eigenvalue weighted by Crippen LogP contribution is 2.42. The predicted molar refractivity (Wildman–Crippen MR) is 78.7 cm³/mol. The van der Waals surface area contributed by atoms with Crippen LogP contribution in [0, 0.1) is 5.92 Å². The maximum atomic E-state index is 12.0. The van der Waals surface area contributed by atoms with Crippen LogP contribution in [0.1, 0.15) is 50.0 Å². The number of rotatable bonds is 5. The Labute approximate surface area is 120 Å². The quantitative estimate of drug-likeness (QED) is 0.866. The van der Waals surface area contributed by atoms with Gasteiger partial charge in [0.2, 0.25) is 0 Å². The smallest absolute Gasteiger partial charge is 0.324 e. The largest absolute Gasteiger partial charge is 0.480 e. The van der Waals surface area contributed by atoms with Crippen LogP contribution in [0.15, 0.2) is 30.3 Å². The molecule has 0 heterocycles. The number of benzene rings is 1. The van der Waals surface area contributed by atoms with Gasteiger partial charge in [0, 0.05) is 5.92 Å². The van der Waals surface area contributed by atoms with Gasteiger partial charge in [0.1, 0.15) is 5.54 Å². The molecule has 2 fully saturated rings. The summed E-state index contributed by atoms with van der Waals surface area (Å²) < 4.78 is 0. The summed E-state index contributed by atoms with van der Waals surface area (Å²) in [5.74, 6) is 0.116. The maximum Gasteiger partial charge on any atom is 0.324 e. The van der Waals surface area contributed by atoms with E-state index in [0.717, 1.165) is 37.8 Å². The summed E-state index contributed by atoms with van der Waals surface area (Å²) in [6.45, 7) is 0.857. The predicted octanol–water partition coefficient (Wildman–Crippen LogP) is 3.17. The lowest BCUT2D eigenvalue weighted by Gasteiger charge is -2.42. The molecule has 2 saturated carbocycles. The van der Waals surface area contributed by atoms with Gasteiger partial charge < -0.3 is 10.4 Å². The van der Waals surface area contributed by atoms with Gasteiger partial charge in [-0.3, -0.25) is 4.79 Å². The molecule has 20 heavy (non-hydrogen) atoms. The van der Waals surface area contributed by atoms with E-state index >= 15 is 0 Å². The van der Waals surface area contributed by atoms with Crippen molar-refractivity contribution in [2.75, 3.05) is 6.54 Å². The number of hydrogen-bond donors (Lipinski definition) is 2. The van der Waals surface area contributed by atoms with E-state index in [0.29, 0.717) is 5.92 Å². The third-order valence-electron chi connectivity index (χ3n) is 4.90. The topological polar surface area (TPSA) is 49.3 Å². The van der Waals surface area contributed by atoms with Crippen molar-refractivity contribution in [3.63, 3.8) is 0 Å². The summed E-state index contributed by atoms with van der Waals surface area (Å²) in [4.78, 5) is 12.0. The molecule has 2 atom stereocenters. The lowest BCUT2D eigenvalue weighted by Crippen LogP contribution is -2.58. The van der Waals surface area contributed by atoms with Gasteiger partial charge in [-0.25, -0.2) is 0 Å². The minimum atomic E-state index is -0.762. The molecular formula is C17H23NO2. The van der Waals surface area contributed by atoms with Crippen LogP contribution >= 0.6 is 0 Å². The third kappa shape index (κ3) is 2.59. The number of aliphatic carboxylic acids is 1. The summed E-state index contributed by atoms with van der Waals surface area (Å²) in [5.41, 5.74) is 0.403. The number of carbonyl (C=O) groups is 1. The first-order chi connectivity index (χ1) is 9.72. The summed E-state index contributed by atoms with van der Waals surface area (Å²) in [6.07, 6.45) is 6.34. The second kappa shape index (κ2) is 5.57. The Morgan fingerprint density at radius 1 is 1.20 bits per heavy atom. The third-order valence-corrected chi connectivity index (χ3v) is 4.90. The molecule has 0 radical (unpaired) electrons. The summed E-state index contributed by atoms with van der Waals surface area (Å²) in [6, 6.07) is 10.2. The van der Waals surface area contributed by atoms with E-state index in [1.165, 1.54) is 12.8 Å². The molecule has 0 spiro atoms. The zero-order valence-electron chi connectivity index (χ0n) is 11.8. The molecule has 2 aliphatic rings. The number of carboxylic acid groups (broad SMARTS) is 1. The molecule has 3 nitrogen and oxygen atoms in total. The van der Waals surface area contributed by atoms with Crippen LogP contribution in [-0.2, 0) is 4.79 Å². The van der Waals surface area contributed by atoms with Crippen LogP contribution in [0.3, 0.4) is 0 Å². The maximum absolute atomic E-state index is 12.0. The summed E-state index contributed by atoms with van der Waals surface area (Å²) in [5, 5.41) is 13.3. The van der Waals surface area contributed by atoms with E-state index in [9.17, 15) is 9.90 Å². The molecule has 108 valence electrons. The zero-order chi connectivity index (χ0) is 14.0. The molecule has 1 aromatic rings. The van der Waals surface area contributed by atoms with Crippen LogP contribution in [0.2, 0.25) is 0 Å². The SMILES string of the molecule is O=C(O)C1(NCC2CC2)CCCCC1c1ccccc1. The highest BCUT2D eigenvalue weighted by atomic mass is 16.4. The van der Waals surface area contributed by atoms with E-state index in [-0.39, 0.29) is 5.92 Å². The molecule has 2 N–H and O–H groups in total. The monoisotopic (exact) mass is 273 g/mol. The van der Waals surface area contributed by atoms with Crippen molar-refractivity contribution >= 4 is 5.97 Å². The Bertz CT molecular complexity index is 469. The highest BCUT2D eigenvalue weighted by Gasteiger charge is 2.48. The summed E-state index contributed by atoms with van der Waals surface area (Å²) in [7, 11) is 0. The van der Waals surface area contributed by atoms with Gasteiger partial charge in [0.25, 0.3) is 0 Å². The van der Waals surface area contributed by atoms with E-state index in [1.807, 2.05) is 18.2 Å². The van der Waals surface area contributed by atoms with Gasteiger partial charge in [0.05, 0.1) is 0 Å². The second-order valence-electron chi connectivity index (χ2n) is 6.31. The fraction of sp³-hybridized carbons (Fsp3) is 0.588. The molecule has 3 heteroatoms. The molecule has 0 amide bonds.